The first kappa shape index (κ1) is 10.5. The Labute approximate surface area is 86.9 Å². The topological polar surface area (TPSA) is 66.8 Å². The second-order valence-corrected chi connectivity index (χ2v) is 4.13. The first-order valence-corrected chi connectivity index (χ1v) is 4.91. The van der Waals surface area contributed by atoms with Gasteiger partial charge >= 0.3 is 5.97 Å². The summed E-state index contributed by atoms with van der Waals surface area (Å²) in [7, 11) is 1.48. The monoisotopic (exact) mass is 266 g/mol. The van der Waals surface area contributed by atoms with E-state index >= 15 is 0 Å². The number of carboxylic acids is 1. The number of hydrogen-bond acceptors (Lipinski definition) is 4. The van der Waals surface area contributed by atoms with Gasteiger partial charge in [0.1, 0.15) is 0 Å². The molecular formula is C7H7BrO4S. The van der Waals surface area contributed by atoms with Crippen LogP contribution in [-0.2, 0) is 4.79 Å². The summed E-state index contributed by atoms with van der Waals surface area (Å²) in [6, 6.07) is 1.53. The van der Waals surface area contributed by atoms with Gasteiger partial charge in [-0.05, 0) is 22.0 Å². The number of carbonyl (C=O) groups is 1. The Kier molecular flexibility index (Phi) is 3.29. The largest absolute Gasteiger partial charge is 0.486 e. The van der Waals surface area contributed by atoms with E-state index in [-0.39, 0.29) is 0 Å². The van der Waals surface area contributed by atoms with Crippen molar-refractivity contribution in [3.63, 3.8) is 0 Å². The number of thiophene rings is 1. The van der Waals surface area contributed by atoms with Crippen LogP contribution < -0.4 is 4.74 Å². The highest BCUT2D eigenvalue weighted by molar-refractivity contribution is 9.10. The van der Waals surface area contributed by atoms with Gasteiger partial charge in [-0.1, -0.05) is 11.3 Å². The van der Waals surface area contributed by atoms with Gasteiger partial charge in [0.25, 0.3) is 0 Å². The molecule has 1 unspecified atom stereocenters. The number of aliphatic carboxylic acids is 1. The molecule has 0 fully saturated rings. The third kappa shape index (κ3) is 2.20. The van der Waals surface area contributed by atoms with Crippen molar-refractivity contribution in [2.45, 2.75) is 6.10 Å². The van der Waals surface area contributed by atoms with Gasteiger partial charge in [-0.15, -0.1) is 0 Å². The minimum absolute atomic E-state index is 0.344. The first-order valence-electron chi connectivity index (χ1n) is 3.30. The van der Waals surface area contributed by atoms with Crippen LogP contribution in [0.4, 0.5) is 0 Å². The van der Waals surface area contributed by atoms with E-state index in [9.17, 15) is 4.79 Å². The van der Waals surface area contributed by atoms with Gasteiger partial charge in [-0.3, -0.25) is 0 Å². The Bertz CT molecular complexity index is 322. The van der Waals surface area contributed by atoms with E-state index in [1.165, 1.54) is 13.2 Å². The van der Waals surface area contributed by atoms with Crippen molar-refractivity contribution < 1.29 is 19.7 Å². The van der Waals surface area contributed by atoms with Gasteiger partial charge in [0.05, 0.1) is 11.6 Å². The summed E-state index contributed by atoms with van der Waals surface area (Å²) < 4.78 is 5.57. The molecule has 72 valence electrons. The van der Waals surface area contributed by atoms with E-state index in [0.717, 1.165) is 11.3 Å². The van der Waals surface area contributed by atoms with Crippen LogP contribution in [0.1, 0.15) is 11.0 Å². The van der Waals surface area contributed by atoms with E-state index in [4.69, 9.17) is 14.9 Å². The van der Waals surface area contributed by atoms with E-state index in [2.05, 4.69) is 15.9 Å². The maximum atomic E-state index is 10.4. The predicted molar refractivity (Wildman–Crippen MR) is 51.2 cm³/mol. The average Bonchev–Trinajstić information content (AvgIpc) is 2.45. The molecule has 0 saturated heterocycles. The summed E-state index contributed by atoms with van der Waals surface area (Å²) in [6.07, 6.45) is -1.48. The number of ether oxygens (including phenoxy) is 1. The fraction of sp³-hybridized carbons (Fsp3) is 0.286. The SMILES string of the molecule is COc1sc(C(O)C(=O)O)cc1Br. The van der Waals surface area contributed by atoms with Gasteiger partial charge in [0, 0.05) is 4.88 Å². The smallest absolute Gasteiger partial charge is 0.338 e. The van der Waals surface area contributed by atoms with E-state index < -0.39 is 12.1 Å². The zero-order valence-corrected chi connectivity index (χ0v) is 9.05. The fourth-order valence-corrected chi connectivity index (χ4v) is 2.41. The number of carboxylic acid groups (broad SMARTS) is 1. The van der Waals surface area contributed by atoms with Crippen molar-refractivity contribution in [2.75, 3.05) is 7.11 Å². The van der Waals surface area contributed by atoms with Gasteiger partial charge < -0.3 is 14.9 Å². The molecule has 0 spiro atoms. The third-order valence-electron chi connectivity index (χ3n) is 1.36. The van der Waals surface area contributed by atoms with Gasteiger partial charge in [-0.25, -0.2) is 4.79 Å². The van der Waals surface area contributed by atoms with Crippen LogP contribution in [0.3, 0.4) is 0 Å². The van der Waals surface area contributed by atoms with Crippen LogP contribution >= 0.6 is 27.3 Å². The third-order valence-corrected chi connectivity index (χ3v) is 3.36. The van der Waals surface area contributed by atoms with Crippen LogP contribution in [0, 0.1) is 0 Å². The highest BCUT2D eigenvalue weighted by Gasteiger charge is 2.20. The summed E-state index contributed by atoms with van der Waals surface area (Å²) in [5.41, 5.74) is 0. The Morgan fingerprint density at radius 3 is 2.77 bits per heavy atom. The van der Waals surface area contributed by atoms with Crippen molar-refractivity contribution in [3.05, 3.63) is 15.4 Å². The quantitative estimate of drug-likeness (QED) is 0.873. The zero-order chi connectivity index (χ0) is 10.0. The van der Waals surface area contributed by atoms with Crippen LogP contribution in [0.15, 0.2) is 10.5 Å². The maximum absolute atomic E-state index is 10.4. The van der Waals surface area contributed by atoms with Crippen molar-refractivity contribution in [2.24, 2.45) is 0 Å². The fourth-order valence-electron chi connectivity index (χ4n) is 0.765. The Balaban J connectivity index is 2.96. The Morgan fingerprint density at radius 2 is 2.38 bits per heavy atom. The molecule has 4 nitrogen and oxygen atoms in total. The minimum atomic E-state index is -1.48. The van der Waals surface area contributed by atoms with Gasteiger partial charge in [0.15, 0.2) is 11.2 Å². The lowest BCUT2D eigenvalue weighted by Crippen LogP contribution is -2.08. The van der Waals surface area contributed by atoms with Crippen LogP contribution in [0.5, 0.6) is 5.06 Å². The summed E-state index contributed by atoms with van der Waals surface area (Å²) in [6.45, 7) is 0. The van der Waals surface area contributed by atoms with Crippen LogP contribution in [0.25, 0.3) is 0 Å². The molecule has 0 saturated carbocycles. The molecule has 0 aliphatic carbocycles. The normalized spacial score (nSPS) is 12.5. The molecule has 0 aliphatic rings. The zero-order valence-electron chi connectivity index (χ0n) is 6.65. The summed E-state index contributed by atoms with van der Waals surface area (Å²) >= 11 is 4.27. The van der Waals surface area contributed by atoms with Crippen molar-refractivity contribution in [1.82, 2.24) is 0 Å². The lowest BCUT2D eigenvalue weighted by atomic mass is 10.3. The standard InChI is InChI=1S/C7H7BrO4S/c1-12-7-3(8)2-4(13-7)5(9)6(10)11/h2,5,9H,1H3,(H,10,11). The molecule has 1 heterocycles. The minimum Gasteiger partial charge on any atom is -0.486 e. The number of halogens is 1. The predicted octanol–water partition coefficient (Wildman–Crippen LogP) is 1.64. The highest BCUT2D eigenvalue weighted by Crippen LogP contribution is 2.37. The number of aliphatic hydroxyl groups is 1. The molecule has 0 amide bonds. The molecule has 0 bridgehead atoms. The maximum Gasteiger partial charge on any atom is 0.338 e. The Hall–Kier alpha value is -0.590. The number of rotatable bonds is 3. The van der Waals surface area contributed by atoms with Gasteiger partial charge in [-0.2, -0.15) is 0 Å². The molecule has 1 atom stereocenters. The molecule has 0 aromatic carbocycles. The molecule has 1 aromatic heterocycles. The highest BCUT2D eigenvalue weighted by atomic mass is 79.9. The van der Waals surface area contributed by atoms with Crippen LogP contribution in [0.2, 0.25) is 0 Å². The molecule has 0 radical (unpaired) electrons. The second-order valence-electron chi connectivity index (χ2n) is 2.23. The second kappa shape index (κ2) is 4.08. The molecule has 0 aliphatic heterocycles. The number of hydrogen-bond donors (Lipinski definition) is 2. The van der Waals surface area contributed by atoms with Crippen molar-refractivity contribution >= 4 is 33.2 Å². The van der Waals surface area contributed by atoms with Crippen LogP contribution in [-0.4, -0.2) is 23.3 Å². The summed E-state index contributed by atoms with van der Waals surface area (Å²) in [5.74, 6) is -1.27. The van der Waals surface area contributed by atoms with E-state index in [0.29, 0.717) is 14.4 Å². The lowest BCUT2D eigenvalue weighted by molar-refractivity contribution is -0.146. The molecular weight excluding hydrogens is 260 g/mol. The lowest BCUT2D eigenvalue weighted by Gasteiger charge is -1.99. The number of methoxy groups -OCH3 is 1. The molecule has 1 aromatic rings. The summed E-state index contributed by atoms with van der Waals surface area (Å²) in [4.78, 5) is 10.8. The van der Waals surface area contributed by atoms with Crippen molar-refractivity contribution in [3.8, 4) is 5.06 Å². The Morgan fingerprint density at radius 1 is 1.77 bits per heavy atom. The first-order chi connectivity index (χ1) is 6.06. The summed E-state index contributed by atoms with van der Waals surface area (Å²) in [5, 5.41) is 18.2. The molecule has 1 rings (SSSR count). The van der Waals surface area contributed by atoms with E-state index in [1.807, 2.05) is 0 Å². The molecule has 6 heteroatoms. The molecule has 2 N–H and O–H groups in total. The average molecular weight is 267 g/mol. The van der Waals surface area contributed by atoms with E-state index in [1.54, 1.807) is 0 Å². The number of aliphatic hydroxyl groups excluding tert-OH is 1. The van der Waals surface area contributed by atoms with Crippen molar-refractivity contribution in [1.29, 1.82) is 0 Å². The van der Waals surface area contributed by atoms with Gasteiger partial charge in [0.2, 0.25) is 0 Å². The molecule has 13 heavy (non-hydrogen) atoms.